The van der Waals surface area contributed by atoms with Gasteiger partial charge >= 0.3 is 0 Å². The van der Waals surface area contributed by atoms with Gasteiger partial charge in [0.15, 0.2) is 0 Å². The highest BCUT2D eigenvalue weighted by Gasteiger charge is 2.18. The number of nitrogens with one attached hydrogen (secondary N) is 1. The minimum Gasteiger partial charge on any atom is -0.356 e. The lowest BCUT2D eigenvalue weighted by Gasteiger charge is -2.15. The van der Waals surface area contributed by atoms with Gasteiger partial charge in [-0.2, -0.15) is 0 Å². The van der Waals surface area contributed by atoms with Crippen LogP contribution >= 0.6 is 0 Å². The first kappa shape index (κ1) is 13.1. The molecule has 1 N–H and O–H groups in total. The van der Waals surface area contributed by atoms with Crippen LogP contribution in [0.3, 0.4) is 0 Å². The van der Waals surface area contributed by atoms with Crippen LogP contribution in [0, 0.1) is 5.92 Å². The summed E-state index contributed by atoms with van der Waals surface area (Å²) in [4.78, 5) is 25.3. The molecule has 2 rings (SSSR count). The molecule has 0 aromatic heterocycles. The summed E-state index contributed by atoms with van der Waals surface area (Å²) in [6.45, 7) is 2.25. The molecule has 1 fully saturated rings. The van der Waals surface area contributed by atoms with Gasteiger partial charge in [-0.15, -0.1) is 0 Å². The van der Waals surface area contributed by atoms with Crippen LogP contribution in [0.15, 0.2) is 12.2 Å². The Morgan fingerprint density at radius 3 is 2.72 bits per heavy atom. The molecule has 100 valence electrons. The highest BCUT2D eigenvalue weighted by atomic mass is 16.2. The summed E-state index contributed by atoms with van der Waals surface area (Å²) >= 11 is 0. The van der Waals surface area contributed by atoms with Crippen molar-refractivity contribution in [2.24, 2.45) is 5.92 Å². The molecule has 2 aliphatic rings. The summed E-state index contributed by atoms with van der Waals surface area (Å²) in [5.74, 6) is 0.647. The van der Waals surface area contributed by atoms with Gasteiger partial charge in [0.05, 0.1) is 0 Å². The van der Waals surface area contributed by atoms with Crippen LogP contribution in [0.1, 0.15) is 38.5 Å². The van der Waals surface area contributed by atoms with Crippen LogP contribution in [0.25, 0.3) is 0 Å². The summed E-state index contributed by atoms with van der Waals surface area (Å²) in [6, 6.07) is 0. The Balaban J connectivity index is 1.58. The van der Waals surface area contributed by atoms with E-state index in [1.807, 2.05) is 4.90 Å². The lowest BCUT2D eigenvalue weighted by atomic mass is 10.1. The second-order valence-corrected chi connectivity index (χ2v) is 5.16. The molecule has 1 heterocycles. The maximum absolute atomic E-state index is 11.7. The number of rotatable bonds is 5. The van der Waals surface area contributed by atoms with Gasteiger partial charge < -0.3 is 10.2 Å². The number of carbonyl (C=O) groups excluding carboxylic acids is 2. The zero-order valence-electron chi connectivity index (χ0n) is 10.9. The summed E-state index contributed by atoms with van der Waals surface area (Å²) in [6.07, 6.45) is 9.66. The van der Waals surface area contributed by atoms with Crippen LogP contribution in [0.5, 0.6) is 0 Å². The molecule has 0 spiro atoms. The molecule has 4 nitrogen and oxygen atoms in total. The van der Waals surface area contributed by atoms with Crippen molar-refractivity contribution >= 4 is 11.8 Å². The van der Waals surface area contributed by atoms with E-state index < -0.39 is 0 Å². The van der Waals surface area contributed by atoms with E-state index in [1.54, 1.807) is 0 Å². The zero-order chi connectivity index (χ0) is 12.8. The number of likely N-dealkylation sites (tertiary alicyclic amines) is 1. The summed E-state index contributed by atoms with van der Waals surface area (Å²) in [5.41, 5.74) is 0. The van der Waals surface area contributed by atoms with Gasteiger partial charge in [-0.3, -0.25) is 9.59 Å². The van der Waals surface area contributed by atoms with Crippen LogP contribution in [0.4, 0.5) is 0 Å². The standard InChI is InChI=1S/C14H22N2O2/c17-13(11-12-5-1-2-6-12)15-8-7-14(18)16-9-3-4-10-16/h1,5,12H,2-4,6-11H2,(H,15,17)/t12-/m1/s1. The minimum atomic E-state index is 0.0702. The van der Waals surface area contributed by atoms with Gasteiger partial charge in [0, 0.05) is 32.5 Å². The van der Waals surface area contributed by atoms with Gasteiger partial charge in [-0.25, -0.2) is 0 Å². The van der Waals surface area contributed by atoms with E-state index in [-0.39, 0.29) is 11.8 Å². The predicted molar refractivity (Wildman–Crippen MR) is 69.9 cm³/mol. The zero-order valence-corrected chi connectivity index (χ0v) is 10.9. The molecule has 0 radical (unpaired) electrons. The van der Waals surface area contributed by atoms with Crippen LogP contribution in [-0.4, -0.2) is 36.3 Å². The monoisotopic (exact) mass is 250 g/mol. The van der Waals surface area contributed by atoms with E-state index in [0.29, 0.717) is 25.3 Å². The number of amides is 2. The molecule has 1 saturated heterocycles. The first-order chi connectivity index (χ1) is 8.75. The first-order valence-corrected chi connectivity index (χ1v) is 6.97. The molecule has 18 heavy (non-hydrogen) atoms. The average molecular weight is 250 g/mol. The molecule has 1 aliphatic heterocycles. The summed E-state index contributed by atoms with van der Waals surface area (Å²) in [7, 11) is 0. The molecule has 2 amide bonds. The molecule has 0 bridgehead atoms. The van der Waals surface area contributed by atoms with Crippen molar-refractivity contribution < 1.29 is 9.59 Å². The topological polar surface area (TPSA) is 49.4 Å². The van der Waals surface area contributed by atoms with Crippen molar-refractivity contribution in [2.75, 3.05) is 19.6 Å². The second kappa shape index (κ2) is 6.57. The average Bonchev–Trinajstić information content (AvgIpc) is 3.00. The number of nitrogens with zero attached hydrogens (tertiary/aromatic N) is 1. The second-order valence-electron chi connectivity index (χ2n) is 5.16. The van der Waals surface area contributed by atoms with E-state index in [1.165, 1.54) is 0 Å². The van der Waals surface area contributed by atoms with Gasteiger partial charge in [-0.1, -0.05) is 12.2 Å². The number of carbonyl (C=O) groups is 2. The van der Waals surface area contributed by atoms with Crippen LogP contribution in [-0.2, 0) is 9.59 Å². The molecule has 0 unspecified atom stereocenters. The van der Waals surface area contributed by atoms with E-state index in [0.717, 1.165) is 38.8 Å². The van der Waals surface area contributed by atoms with Crippen molar-refractivity contribution in [3.63, 3.8) is 0 Å². The van der Waals surface area contributed by atoms with Gasteiger partial charge in [0.1, 0.15) is 0 Å². The first-order valence-electron chi connectivity index (χ1n) is 6.97. The quantitative estimate of drug-likeness (QED) is 0.751. The van der Waals surface area contributed by atoms with Gasteiger partial charge in [0.2, 0.25) is 11.8 Å². The third kappa shape index (κ3) is 3.86. The molecule has 0 aromatic carbocycles. The Hall–Kier alpha value is -1.32. The van der Waals surface area contributed by atoms with E-state index >= 15 is 0 Å². The van der Waals surface area contributed by atoms with Gasteiger partial charge in [-0.05, 0) is 31.6 Å². The normalized spacial score (nSPS) is 22.4. The molecular formula is C14H22N2O2. The predicted octanol–water partition coefficient (Wildman–Crippen LogP) is 1.47. The van der Waals surface area contributed by atoms with E-state index in [4.69, 9.17) is 0 Å². The maximum atomic E-state index is 11.7. The Bertz CT molecular complexity index is 333. The smallest absolute Gasteiger partial charge is 0.224 e. The van der Waals surface area contributed by atoms with Crippen molar-refractivity contribution in [1.82, 2.24) is 10.2 Å². The summed E-state index contributed by atoms with van der Waals surface area (Å²) in [5, 5.41) is 2.84. The fourth-order valence-corrected chi connectivity index (χ4v) is 2.61. The highest BCUT2D eigenvalue weighted by molar-refractivity contribution is 5.79. The van der Waals surface area contributed by atoms with Crippen LogP contribution < -0.4 is 5.32 Å². The minimum absolute atomic E-state index is 0.0702. The number of allylic oxidation sites excluding steroid dienone is 2. The van der Waals surface area contributed by atoms with Crippen molar-refractivity contribution in [3.8, 4) is 0 Å². The van der Waals surface area contributed by atoms with Crippen LogP contribution in [0.2, 0.25) is 0 Å². The van der Waals surface area contributed by atoms with Crippen molar-refractivity contribution in [2.45, 2.75) is 38.5 Å². The molecule has 0 aromatic rings. The number of hydrogen-bond donors (Lipinski definition) is 1. The largest absolute Gasteiger partial charge is 0.356 e. The van der Waals surface area contributed by atoms with Crippen molar-refractivity contribution in [1.29, 1.82) is 0 Å². The van der Waals surface area contributed by atoms with Gasteiger partial charge in [0.25, 0.3) is 0 Å². The third-order valence-corrected chi connectivity index (χ3v) is 3.68. The molecule has 4 heteroatoms. The lowest BCUT2D eigenvalue weighted by molar-refractivity contribution is -0.130. The molecular weight excluding hydrogens is 228 g/mol. The molecule has 1 aliphatic carbocycles. The van der Waals surface area contributed by atoms with Crippen molar-refractivity contribution in [3.05, 3.63) is 12.2 Å². The Labute approximate surface area is 108 Å². The Morgan fingerprint density at radius 1 is 1.28 bits per heavy atom. The SMILES string of the molecule is O=C(C[C@@H]1C=CCC1)NCCC(=O)N1CCCC1. The Morgan fingerprint density at radius 2 is 2.06 bits per heavy atom. The van der Waals surface area contributed by atoms with E-state index in [9.17, 15) is 9.59 Å². The maximum Gasteiger partial charge on any atom is 0.224 e. The summed E-state index contributed by atoms with van der Waals surface area (Å²) < 4.78 is 0. The molecule has 0 saturated carbocycles. The molecule has 1 atom stereocenters. The fraction of sp³-hybridized carbons (Fsp3) is 0.714. The Kier molecular flexibility index (Phi) is 4.79. The lowest BCUT2D eigenvalue weighted by Crippen LogP contribution is -2.33. The number of hydrogen-bond acceptors (Lipinski definition) is 2. The fourth-order valence-electron chi connectivity index (χ4n) is 2.61. The third-order valence-electron chi connectivity index (χ3n) is 3.68. The highest BCUT2D eigenvalue weighted by Crippen LogP contribution is 2.19. The van der Waals surface area contributed by atoms with E-state index in [2.05, 4.69) is 17.5 Å².